The number of rotatable bonds is 2. The highest BCUT2D eigenvalue weighted by atomic mass is 16.4. The van der Waals surface area contributed by atoms with Crippen molar-refractivity contribution in [3.63, 3.8) is 0 Å². The summed E-state index contributed by atoms with van der Waals surface area (Å²) in [6, 6.07) is 8.43. The van der Waals surface area contributed by atoms with Crippen molar-refractivity contribution in [2.24, 2.45) is 5.92 Å². The Morgan fingerprint density at radius 1 is 1.21 bits per heavy atom. The summed E-state index contributed by atoms with van der Waals surface area (Å²) in [5.74, 6) is -0.631. The second-order valence-corrected chi connectivity index (χ2v) is 4.52. The number of carboxylic acid groups (broad SMARTS) is 1. The molecule has 19 heavy (non-hydrogen) atoms. The summed E-state index contributed by atoms with van der Waals surface area (Å²) in [4.78, 5) is 20.5. The molecule has 0 heterocycles. The van der Waals surface area contributed by atoms with Gasteiger partial charge in [0.1, 0.15) is 6.29 Å². The molecule has 0 aromatic heterocycles. The minimum absolute atomic E-state index is 0.0289. The average molecular weight is 259 g/mol. The summed E-state index contributed by atoms with van der Waals surface area (Å²) in [5.41, 5.74) is 1.17. The van der Waals surface area contributed by atoms with Crippen LogP contribution in [-0.2, 0) is 4.79 Å². The fraction of sp³-hybridized carbons (Fsp3) is 0.400. The predicted octanol–water partition coefficient (Wildman–Crippen LogP) is 3.02. The lowest BCUT2D eigenvalue weighted by atomic mass is 9.90. The average Bonchev–Trinajstić information content (AvgIpc) is 2.49. The van der Waals surface area contributed by atoms with E-state index in [2.05, 4.69) is 0 Å². The Labute approximate surface area is 112 Å². The van der Waals surface area contributed by atoms with E-state index in [-0.39, 0.29) is 5.92 Å². The zero-order valence-corrected chi connectivity index (χ0v) is 10.7. The number of aliphatic carboxylic acids is 1. The molecular weight excluding hydrogens is 242 g/mol. The van der Waals surface area contributed by atoms with Gasteiger partial charge in [-0.15, -0.1) is 0 Å². The van der Waals surface area contributed by atoms with Crippen LogP contribution in [0.1, 0.15) is 48.0 Å². The van der Waals surface area contributed by atoms with E-state index in [1.165, 1.54) is 6.42 Å². The summed E-state index contributed by atoms with van der Waals surface area (Å²) in [5, 5.41) is 16.9. The molecule has 1 aliphatic carbocycles. The van der Waals surface area contributed by atoms with Gasteiger partial charge in [-0.05, 0) is 25.0 Å². The van der Waals surface area contributed by atoms with E-state index in [0.717, 1.165) is 32.0 Å². The molecule has 1 aliphatic rings. The third-order valence-corrected chi connectivity index (χ3v) is 3.13. The standard InChI is InChI=1S/C8H5NO.C7H12O2/c9-5-7-1-3-8(6-10)4-2-7;8-7(9)6-4-2-1-3-5-6/h1-4,6H;6H,1-5H2,(H,8,9). The van der Waals surface area contributed by atoms with Gasteiger partial charge in [0.2, 0.25) is 0 Å². The normalized spacial score (nSPS) is 14.7. The van der Waals surface area contributed by atoms with E-state index in [1.54, 1.807) is 24.3 Å². The lowest BCUT2D eigenvalue weighted by Crippen LogP contribution is -2.16. The number of hydrogen-bond acceptors (Lipinski definition) is 3. The SMILES string of the molecule is N#Cc1ccc(C=O)cc1.O=C(O)C1CCCCC1. The number of nitrogens with zero attached hydrogens (tertiary/aromatic N) is 1. The van der Waals surface area contributed by atoms with Crippen LogP contribution in [0.4, 0.5) is 0 Å². The van der Waals surface area contributed by atoms with Crippen LogP contribution < -0.4 is 0 Å². The molecule has 0 atom stereocenters. The van der Waals surface area contributed by atoms with Gasteiger partial charge in [-0.2, -0.15) is 5.26 Å². The van der Waals surface area contributed by atoms with E-state index in [4.69, 9.17) is 10.4 Å². The Morgan fingerprint density at radius 2 is 1.79 bits per heavy atom. The van der Waals surface area contributed by atoms with Gasteiger partial charge in [-0.25, -0.2) is 0 Å². The van der Waals surface area contributed by atoms with Gasteiger partial charge >= 0.3 is 5.97 Å². The smallest absolute Gasteiger partial charge is 0.306 e. The van der Waals surface area contributed by atoms with E-state index >= 15 is 0 Å². The highest BCUT2D eigenvalue weighted by Gasteiger charge is 2.19. The van der Waals surface area contributed by atoms with E-state index < -0.39 is 5.97 Å². The summed E-state index contributed by atoms with van der Waals surface area (Å²) in [6.07, 6.45) is 5.99. The Hall–Kier alpha value is -2.15. The van der Waals surface area contributed by atoms with Gasteiger partial charge in [0.15, 0.2) is 0 Å². The summed E-state index contributed by atoms with van der Waals surface area (Å²) >= 11 is 0. The van der Waals surface area contributed by atoms with Crippen LogP contribution in [0.2, 0.25) is 0 Å². The minimum atomic E-state index is -0.602. The van der Waals surface area contributed by atoms with Crippen LogP contribution in [0.25, 0.3) is 0 Å². The first-order valence-corrected chi connectivity index (χ1v) is 6.35. The van der Waals surface area contributed by atoms with Crippen LogP contribution in [0.5, 0.6) is 0 Å². The Morgan fingerprint density at radius 3 is 2.16 bits per heavy atom. The number of carboxylic acids is 1. The molecule has 1 fully saturated rings. The van der Waals surface area contributed by atoms with E-state index in [0.29, 0.717) is 11.1 Å². The van der Waals surface area contributed by atoms with Crippen molar-refractivity contribution < 1.29 is 14.7 Å². The highest BCUT2D eigenvalue weighted by molar-refractivity contribution is 5.74. The Bertz CT molecular complexity index is 453. The largest absolute Gasteiger partial charge is 0.481 e. The van der Waals surface area contributed by atoms with Gasteiger partial charge in [-0.1, -0.05) is 31.4 Å². The molecule has 0 spiro atoms. The van der Waals surface area contributed by atoms with Crippen molar-refractivity contribution >= 4 is 12.3 Å². The third kappa shape index (κ3) is 5.35. The fourth-order valence-corrected chi connectivity index (χ4v) is 1.99. The number of nitriles is 1. The molecule has 0 radical (unpaired) electrons. The molecule has 0 aliphatic heterocycles. The number of hydrogen-bond donors (Lipinski definition) is 1. The molecule has 1 saturated carbocycles. The van der Waals surface area contributed by atoms with Crippen molar-refractivity contribution in [2.45, 2.75) is 32.1 Å². The zero-order valence-electron chi connectivity index (χ0n) is 10.7. The molecular formula is C15H17NO3. The molecule has 100 valence electrons. The van der Waals surface area contributed by atoms with Gasteiger partial charge < -0.3 is 5.11 Å². The van der Waals surface area contributed by atoms with Crippen molar-refractivity contribution in [1.82, 2.24) is 0 Å². The lowest BCUT2D eigenvalue weighted by Gasteiger charge is -2.16. The van der Waals surface area contributed by atoms with Crippen LogP contribution in [0.15, 0.2) is 24.3 Å². The highest BCUT2D eigenvalue weighted by Crippen LogP contribution is 2.23. The number of benzene rings is 1. The van der Waals surface area contributed by atoms with Crippen LogP contribution in [0, 0.1) is 17.2 Å². The molecule has 4 heteroatoms. The fourth-order valence-electron chi connectivity index (χ4n) is 1.99. The first kappa shape index (κ1) is 14.9. The maximum absolute atomic E-state index is 10.4. The summed E-state index contributed by atoms with van der Waals surface area (Å²) in [7, 11) is 0. The molecule has 1 aromatic carbocycles. The number of aldehydes is 1. The lowest BCUT2D eigenvalue weighted by molar-refractivity contribution is -0.142. The van der Waals surface area contributed by atoms with Crippen LogP contribution >= 0.6 is 0 Å². The Balaban J connectivity index is 0.000000191. The number of carbonyl (C=O) groups excluding carboxylic acids is 1. The molecule has 1 N–H and O–H groups in total. The van der Waals surface area contributed by atoms with Gasteiger partial charge in [-0.3, -0.25) is 9.59 Å². The summed E-state index contributed by atoms with van der Waals surface area (Å²) < 4.78 is 0. The molecule has 0 amide bonds. The maximum atomic E-state index is 10.4. The van der Waals surface area contributed by atoms with Gasteiger partial charge in [0.05, 0.1) is 17.6 Å². The molecule has 0 bridgehead atoms. The molecule has 0 unspecified atom stereocenters. The predicted molar refractivity (Wildman–Crippen MR) is 70.8 cm³/mol. The van der Waals surface area contributed by atoms with Crippen molar-refractivity contribution in [2.75, 3.05) is 0 Å². The van der Waals surface area contributed by atoms with Crippen molar-refractivity contribution in [3.05, 3.63) is 35.4 Å². The van der Waals surface area contributed by atoms with Crippen LogP contribution in [-0.4, -0.2) is 17.4 Å². The van der Waals surface area contributed by atoms with Crippen LogP contribution in [0.3, 0.4) is 0 Å². The second kappa shape index (κ2) is 8.04. The minimum Gasteiger partial charge on any atom is -0.481 e. The van der Waals surface area contributed by atoms with Gasteiger partial charge in [0, 0.05) is 5.56 Å². The maximum Gasteiger partial charge on any atom is 0.306 e. The topological polar surface area (TPSA) is 78.2 Å². The molecule has 0 saturated heterocycles. The third-order valence-electron chi connectivity index (χ3n) is 3.13. The molecule has 4 nitrogen and oxygen atoms in total. The van der Waals surface area contributed by atoms with Crippen molar-refractivity contribution in [1.29, 1.82) is 5.26 Å². The zero-order chi connectivity index (χ0) is 14.1. The second-order valence-electron chi connectivity index (χ2n) is 4.52. The van der Waals surface area contributed by atoms with E-state index in [9.17, 15) is 9.59 Å². The quantitative estimate of drug-likeness (QED) is 0.828. The summed E-state index contributed by atoms with van der Waals surface area (Å²) in [6.45, 7) is 0. The first-order valence-electron chi connectivity index (χ1n) is 6.35. The number of carbonyl (C=O) groups is 2. The van der Waals surface area contributed by atoms with Gasteiger partial charge in [0.25, 0.3) is 0 Å². The molecule has 1 aromatic rings. The monoisotopic (exact) mass is 259 g/mol. The van der Waals surface area contributed by atoms with Crippen molar-refractivity contribution in [3.8, 4) is 6.07 Å². The Kier molecular flexibility index (Phi) is 6.31. The molecule has 2 rings (SSSR count). The van der Waals surface area contributed by atoms with E-state index in [1.807, 2.05) is 6.07 Å². The first-order chi connectivity index (χ1) is 9.17.